The predicted octanol–water partition coefficient (Wildman–Crippen LogP) is 3.98. The van der Waals surface area contributed by atoms with E-state index in [-0.39, 0.29) is 13.0 Å². The van der Waals surface area contributed by atoms with Crippen molar-refractivity contribution < 1.29 is 23.0 Å². The van der Waals surface area contributed by atoms with Crippen LogP contribution in [0.4, 0.5) is 13.6 Å². The lowest BCUT2D eigenvalue weighted by Gasteiger charge is -2.27. The molecule has 6 heteroatoms. The zero-order valence-corrected chi connectivity index (χ0v) is 13.9. The van der Waals surface area contributed by atoms with E-state index in [1.807, 2.05) is 18.2 Å². The van der Waals surface area contributed by atoms with Gasteiger partial charge in [-0.1, -0.05) is 24.3 Å². The van der Waals surface area contributed by atoms with Gasteiger partial charge in [0, 0.05) is 20.1 Å². The summed E-state index contributed by atoms with van der Waals surface area (Å²) >= 11 is 0. The van der Waals surface area contributed by atoms with Crippen molar-refractivity contribution in [1.82, 2.24) is 4.90 Å². The summed E-state index contributed by atoms with van der Waals surface area (Å²) in [4.78, 5) is 13.4. The van der Waals surface area contributed by atoms with Crippen molar-refractivity contribution >= 4 is 6.09 Å². The van der Waals surface area contributed by atoms with Gasteiger partial charge < -0.3 is 9.47 Å². The number of hydrogen-bond donors (Lipinski definition) is 0. The molecule has 0 N–H and O–H groups in total. The molecule has 0 radical (unpaired) electrons. The molecule has 0 aliphatic heterocycles. The Bertz CT molecular complexity index is 569. The molecule has 1 aromatic carbocycles. The van der Waals surface area contributed by atoms with Crippen LogP contribution in [0.5, 0.6) is 0 Å². The van der Waals surface area contributed by atoms with Crippen LogP contribution in [0.2, 0.25) is 0 Å². The normalized spacial score (nSPS) is 19.3. The van der Waals surface area contributed by atoms with Crippen LogP contribution in [0.15, 0.2) is 24.3 Å². The lowest BCUT2D eigenvalue weighted by molar-refractivity contribution is 0.00709. The predicted molar refractivity (Wildman–Crippen MR) is 82.3 cm³/mol. The second kappa shape index (κ2) is 6.43. The van der Waals surface area contributed by atoms with E-state index in [2.05, 4.69) is 0 Å². The van der Waals surface area contributed by atoms with Crippen molar-refractivity contribution in [3.8, 4) is 0 Å². The molecule has 1 atom stereocenters. The first-order valence-electron chi connectivity index (χ1n) is 7.56. The van der Waals surface area contributed by atoms with Crippen LogP contribution in [0.1, 0.15) is 38.3 Å². The van der Waals surface area contributed by atoms with Crippen molar-refractivity contribution in [3.05, 3.63) is 35.4 Å². The summed E-state index contributed by atoms with van der Waals surface area (Å²) in [6, 6.07) is 6.26. The van der Waals surface area contributed by atoms with Gasteiger partial charge in [0.1, 0.15) is 11.6 Å². The van der Waals surface area contributed by atoms with Crippen LogP contribution in [-0.2, 0) is 22.6 Å². The van der Waals surface area contributed by atoms with Gasteiger partial charge in [-0.15, -0.1) is 0 Å². The molecule has 1 saturated carbocycles. The average molecular weight is 327 g/mol. The number of carbonyl (C=O) groups excluding carboxylic acids is 1. The fraction of sp³-hybridized carbons (Fsp3) is 0.588. The number of ether oxygens (including phenoxy) is 2. The van der Waals surface area contributed by atoms with Crippen molar-refractivity contribution in [2.75, 3.05) is 7.11 Å². The standard InChI is InChI=1S/C17H23F2NO3/c1-16(2,3)23-15(21)20(14-9-17(14,18)19)10-12-6-5-7-13(8-12)11-22-4/h5-8,14H,9-11H2,1-4H3. The van der Waals surface area contributed by atoms with E-state index in [1.165, 1.54) is 0 Å². The van der Waals surface area contributed by atoms with Gasteiger partial charge >= 0.3 is 6.09 Å². The van der Waals surface area contributed by atoms with Crippen molar-refractivity contribution in [2.24, 2.45) is 0 Å². The molecule has 1 unspecified atom stereocenters. The zero-order valence-electron chi connectivity index (χ0n) is 13.9. The van der Waals surface area contributed by atoms with Gasteiger partial charge in [0.05, 0.1) is 6.61 Å². The van der Waals surface area contributed by atoms with Gasteiger partial charge in [0.15, 0.2) is 0 Å². The van der Waals surface area contributed by atoms with Crippen LogP contribution in [0.3, 0.4) is 0 Å². The number of halogens is 2. The number of nitrogens with zero attached hydrogens (tertiary/aromatic N) is 1. The highest BCUT2D eigenvalue weighted by Crippen LogP contribution is 2.46. The first-order valence-corrected chi connectivity index (χ1v) is 7.56. The number of methoxy groups -OCH3 is 1. The van der Waals surface area contributed by atoms with Crippen LogP contribution in [0, 0.1) is 0 Å². The third-order valence-corrected chi connectivity index (χ3v) is 3.45. The molecular weight excluding hydrogens is 304 g/mol. The summed E-state index contributed by atoms with van der Waals surface area (Å²) in [5, 5.41) is 0. The van der Waals surface area contributed by atoms with E-state index in [9.17, 15) is 13.6 Å². The Morgan fingerprint density at radius 3 is 2.48 bits per heavy atom. The summed E-state index contributed by atoms with van der Waals surface area (Å²) in [5.41, 5.74) is 0.974. The lowest BCUT2D eigenvalue weighted by Crippen LogP contribution is -2.39. The smallest absolute Gasteiger partial charge is 0.411 e. The highest BCUT2D eigenvalue weighted by Gasteiger charge is 2.61. The largest absolute Gasteiger partial charge is 0.444 e. The molecule has 1 aliphatic rings. The van der Waals surface area contributed by atoms with Crippen LogP contribution >= 0.6 is 0 Å². The van der Waals surface area contributed by atoms with Gasteiger partial charge in [-0.3, -0.25) is 4.90 Å². The van der Waals surface area contributed by atoms with E-state index in [0.29, 0.717) is 6.61 Å². The Balaban J connectivity index is 2.15. The number of benzene rings is 1. The molecule has 1 aromatic rings. The first-order chi connectivity index (χ1) is 10.6. The Hall–Kier alpha value is -1.69. The van der Waals surface area contributed by atoms with Gasteiger partial charge in [-0.05, 0) is 31.9 Å². The van der Waals surface area contributed by atoms with Crippen LogP contribution in [0.25, 0.3) is 0 Å². The number of alkyl halides is 2. The second-order valence-electron chi connectivity index (χ2n) is 6.84. The topological polar surface area (TPSA) is 38.8 Å². The van der Waals surface area contributed by atoms with Crippen molar-refractivity contribution in [2.45, 2.75) is 57.9 Å². The van der Waals surface area contributed by atoms with Gasteiger partial charge in [-0.2, -0.15) is 0 Å². The van der Waals surface area contributed by atoms with E-state index in [4.69, 9.17) is 9.47 Å². The molecule has 1 aliphatic carbocycles. The zero-order chi connectivity index (χ0) is 17.3. The van der Waals surface area contributed by atoms with E-state index in [1.54, 1.807) is 33.9 Å². The minimum atomic E-state index is -2.83. The molecule has 1 fully saturated rings. The third kappa shape index (κ3) is 4.89. The maximum atomic E-state index is 13.5. The number of carbonyl (C=O) groups is 1. The number of rotatable bonds is 5. The number of amides is 1. The van der Waals surface area contributed by atoms with Crippen LogP contribution < -0.4 is 0 Å². The molecule has 0 bridgehead atoms. The Labute approximate surface area is 135 Å². The van der Waals surface area contributed by atoms with Crippen molar-refractivity contribution in [1.29, 1.82) is 0 Å². The fourth-order valence-electron chi connectivity index (χ4n) is 2.34. The number of hydrogen-bond acceptors (Lipinski definition) is 3. The molecule has 1 amide bonds. The molecule has 0 heterocycles. The Kier molecular flexibility index (Phi) is 4.94. The molecule has 128 valence electrons. The molecule has 0 spiro atoms. The van der Waals surface area contributed by atoms with Crippen LogP contribution in [-0.4, -0.2) is 35.7 Å². The summed E-state index contributed by atoms with van der Waals surface area (Å²) in [5.74, 6) is -2.83. The van der Waals surface area contributed by atoms with Crippen molar-refractivity contribution in [3.63, 3.8) is 0 Å². The minimum absolute atomic E-state index is 0.0900. The molecular formula is C17H23F2NO3. The average Bonchev–Trinajstić information content (AvgIpc) is 3.03. The quantitative estimate of drug-likeness (QED) is 0.821. The van der Waals surface area contributed by atoms with E-state index < -0.39 is 23.7 Å². The van der Waals surface area contributed by atoms with E-state index >= 15 is 0 Å². The summed E-state index contributed by atoms with van der Waals surface area (Å²) in [6.07, 6.45) is -1.03. The molecule has 4 nitrogen and oxygen atoms in total. The Morgan fingerprint density at radius 2 is 1.96 bits per heavy atom. The Morgan fingerprint density at radius 1 is 1.35 bits per heavy atom. The SMILES string of the molecule is COCc1cccc(CN(C(=O)OC(C)(C)C)C2CC2(F)F)c1. The molecule has 0 saturated heterocycles. The van der Waals surface area contributed by atoms with Gasteiger partial charge in [0.25, 0.3) is 5.92 Å². The maximum Gasteiger partial charge on any atom is 0.411 e. The first kappa shape index (κ1) is 17.7. The minimum Gasteiger partial charge on any atom is -0.444 e. The third-order valence-electron chi connectivity index (χ3n) is 3.45. The van der Waals surface area contributed by atoms with Gasteiger partial charge in [0.2, 0.25) is 0 Å². The van der Waals surface area contributed by atoms with E-state index in [0.717, 1.165) is 16.0 Å². The molecule has 0 aromatic heterocycles. The lowest BCUT2D eigenvalue weighted by atomic mass is 10.1. The highest BCUT2D eigenvalue weighted by atomic mass is 19.3. The summed E-state index contributed by atoms with van der Waals surface area (Å²) < 4.78 is 37.3. The molecule has 2 rings (SSSR count). The van der Waals surface area contributed by atoms with Gasteiger partial charge in [-0.25, -0.2) is 13.6 Å². The fourth-order valence-corrected chi connectivity index (χ4v) is 2.34. The molecule has 23 heavy (non-hydrogen) atoms. The second-order valence-corrected chi connectivity index (χ2v) is 6.84. The highest BCUT2D eigenvalue weighted by molar-refractivity contribution is 5.69. The summed E-state index contributed by atoms with van der Waals surface area (Å²) in [6.45, 7) is 5.67. The maximum absolute atomic E-state index is 13.5. The monoisotopic (exact) mass is 327 g/mol. The summed E-state index contributed by atoms with van der Waals surface area (Å²) in [7, 11) is 1.59.